The number of rotatable bonds is 3. The minimum absolute atomic E-state index is 0.0299. The summed E-state index contributed by atoms with van der Waals surface area (Å²) in [6.45, 7) is 0. The standard InChI is InChI=1S/C12H8BrF2NO2S/c13-8-4-5-12(11(15)6-8)19(17,18)16-10-3-1-2-9(14)7-10/h1-7,16H. The summed E-state index contributed by atoms with van der Waals surface area (Å²) in [5.41, 5.74) is 0.0299. The molecular weight excluding hydrogens is 340 g/mol. The SMILES string of the molecule is O=S(=O)(Nc1cccc(F)c1)c1ccc(Br)cc1F. The lowest BCUT2D eigenvalue weighted by Gasteiger charge is -2.09. The summed E-state index contributed by atoms with van der Waals surface area (Å²) in [5, 5.41) is 0. The van der Waals surface area contributed by atoms with E-state index in [0.29, 0.717) is 4.47 Å². The zero-order valence-electron chi connectivity index (χ0n) is 9.40. The first-order chi connectivity index (χ1) is 8.88. The van der Waals surface area contributed by atoms with Gasteiger partial charge in [0.2, 0.25) is 0 Å². The van der Waals surface area contributed by atoms with Gasteiger partial charge in [0, 0.05) is 4.47 Å². The van der Waals surface area contributed by atoms with Gasteiger partial charge in [-0.2, -0.15) is 0 Å². The number of sulfonamides is 1. The van der Waals surface area contributed by atoms with Crippen molar-refractivity contribution in [1.82, 2.24) is 0 Å². The van der Waals surface area contributed by atoms with E-state index in [4.69, 9.17) is 0 Å². The molecule has 0 aromatic heterocycles. The van der Waals surface area contributed by atoms with Crippen molar-refractivity contribution in [2.75, 3.05) is 4.72 Å². The third-order valence-corrected chi connectivity index (χ3v) is 4.17. The molecule has 0 amide bonds. The predicted molar refractivity (Wildman–Crippen MR) is 71.3 cm³/mol. The Labute approximate surface area is 117 Å². The van der Waals surface area contributed by atoms with Crippen LogP contribution in [0.1, 0.15) is 0 Å². The van der Waals surface area contributed by atoms with Crippen molar-refractivity contribution in [2.24, 2.45) is 0 Å². The average Bonchev–Trinajstić information content (AvgIpc) is 2.27. The summed E-state index contributed by atoms with van der Waals surface area (Å²) < 4.78 is 53.0. The molecule has 0 saturated carbocycles. The van der Waals surface area contributed by atoms with Crippen LogP contribution in [0.3, 0.4) is 0 Å². The van der Waals surface area contributed by atoms with Crippen molar-refractivity contribution in [1.29, 1.82) is 0 Å². The van der Waals surface area contributed by atoms with Crippen LogP contribution in [-0.4, -0.2) is 8.42 Å². The first-order valence-electron chi connectivity index (χ1n) is 5.12. The van der Waals surface area contributed by atoms with Gasteiger partial charge in [0.25, 0.3) is 10.0 Å². The van der Waals surface area contributed by atoms with Gasteiger partial charge in [0.1, 0.15) is 16.5 Å². The quantitative estimate of drug-likeness (QED) is 0.923. The van der Waals surface area contributed by atoms with Gasteiger partial charge in [-0.3, -0.25) is 4.72 Å². The van der Waals surface area contributed by atoms with E-state index < -0.39 is 26.6 Å². The van der Waals surface area contributed by atoms with Crippen LogP contribution < -0.4 is 4.72 Å². The van der Waals surface area contributed by atoms with Crippen LogP contribution in [0.25, 0.3) is 0 Å². The average molecular weight is 348 g/mol. The molecule has 0 unspecified atom stereocenters. The fourth-order valence-electron chi connectivity index (χ4n) is 1.46. The lowest BCUT2D eigenvalue weighted by Crippen LogP contribution is -2.14. The van der Waals surface area contributed by atoms with Gasteiger partial charge in [-0.05, 0) is 36.4 Å². The Morgan fingerprint density at radius 3 is 2.42 bits per heavy atom. The highest BCUT2D eigenvalue weighted by Gasteiger charge is 2.19. The van der Waals surface area contributed by atoms with E-state index in [0.717, 1.165) is 18.2 Å². The van der Waals surface area contributed by atoms with Gasteiger partial charge in [-0.25, -0.2) is 17.2 Å². The maximum Gasteiger partial charge on any atom is 0.264 e. The zero-order chi connectivity index (χ0) is 14.0. The fourth-order valence-corrected chi connectivity index (χ4v) is 2.90. The second-order valence-electron chi connectivity index (χ2n) is 3.69. The Bertz CT molecular complexity index is 719. The van der Waals surface area contributed by atoms with E-state index in [1.54, 1.807) is 0 Å². The molecule has 100 valence electrons. The summed E-state index contributed by atoms with van der Waals surface area (Å²) in [7, 11) is -4.09. The molecule has 0 fully saturated rings. The Hall–Kier alpha value is -1.47. The van der Waals surface area contributed by atoms with Crippen molar-refractivity contribution in [3.8, 4) is 0 Å². The van der Waals surface area contributed by atoms with Crippen LogP contribution in [0.15, 0.2) is 51.8 Å². The Morgan fingerprint density at radius 1 is 1.05 bits per heavy atom. The molecule has 0 aliphatic carbocycles. The van der Waals surface area contributed by atoms with Gasteiger partial charge in [-0.15, -0.1) is 0 Å². The van der Waals surface area contributed by atoms with Crippen LogP contribution in [0.2, 0.25) is 0 Å². The smallest absolute Gasteiger partial charge is 0.264 e. The van der Waals surface area contributed by atoms with Crippen molar-refractivity contribution < 1.29 is 17.2 Å². The van der Waals surface area contributed by atoms with Crippen molar-refractivity contribution >= 4 is 31.6 Å². The van der Waals surface area contributed by atoms with Crippen LogP contribution in [-0.2, 0) is 10.0 Å². The molecule has 0 spiro atoms. The first kappa shape index (κ1) is 14.0. The molecule has 7 heteroatoms. The van der Waals surface area contributed by atoms with Gasteiger partial charge >= 0.3 is 0 Å². The second kappa shape index (κ2) is 5.26. The maximum absolute atomic E-state index is 13.6. The molecule has 0 aliphatic heterocycles. The number of hydrogen-bond acceptors (Lipinski definition) is 2. The molecule has 0 radical (unpaired) electrons. The van der Waals surface area contributed by atoms with E-state index in [-0.39, 0.29) is 5.69 Å². The lowest BCUT2D eigenvalue weighted by molar-refractivity contribution is 0.570. The first-order valence-corrected chi connectivity index (χ1v) is 7.39. The number of benzene rings is 2. The number of anilines is 1. The molecule has 0 heterocycles. The Balaban J connectivity index is 2.38. The molecule has 2 aromatic carbocycles. The van der Waals surface area contributed by atoms with E-state index in [1.165, 1.54) is 24.3 Å². The largest absolute Gasteiger partial charge is 0.279 e. The van der Waals surface area contributed by atoms with Crippen molar-refractivity contribution in [2.45, 2.75) is 4.90 Å². The highest BCUT2D eigenvalue weighted by molar-refractivity contribution is 9.10. The van der Waals surface area contributed by atoms with Crippen molar-refractivity contribution in [3.63, 3.8) is 0 Å². The molecule has 1 N–H and O–H groups in total. The van der Waals surface area contributed by atoms with E-state index >= 15 is 0 Å². The van der Waals surface area contributed by atoms with Gasteiger partial charge in [0.15, 0.2) is 0 Å². The highest BCUT2D eigenvalue weighted by Crippen LogP contribution is 2.22. The fraction of sp³-hybridized carbons (Fsp3) is 0. The van der Waals surface area contributed by atoms with E-state index in [9.17, 15) is 17.2 Å². The molecule has 0 aliphatic rings. The summed E-state index contributed by atoms with van der Waals surface area (Å²) in [5.74, 6) is -1.48. The molecular formula is C12H8BrF2NO2S. The molecule has 0 atom stereocenters. The summed E-state index contributed by atoms with van der Waals surface area (Å²) in [6, 6.07) is 8.49. The van der Waals surface area contributed by atoms with Crippen molar-refractivity contribution in [3.05, 3.63) is 58.6 Å². The van der Waals surface area contributed by atoms with Crippen LogP contribution in [0, 0.1) is 11.6 Å². The summed E-state index contributed by atoms with van der Waals surface area (Å²) in [4.78, 5) is -0.500. The summed E-state index contributed by atoms with van der Waals surface area (Å²) in [6.07, 6.45) is 0. The third kappa shape index (κ3) is 3.30. The van der Waals surface area contributed by atoms with E-state index in [2.05, 4.69) is 20.7 Å². The Morgan fingerprint density at radius 2 is 1.79 bits per heavy atom. The number of nitrogens with one attached hydrogen (secondary N) is 1. The van der Waals surface area contributed by atoms with Gasteiger partial charge in [-0.1, -0.05) is 22.0 Å². The van der Waals surface area contributed by atoms with Gasteiger partial charge < -0.3 is 0 Å². The van der Waals surface area contributed by atoms with Crippen LogP contribution in [0.5, 0.6) is 0 Å². The molecule has 2 rings (SSSR count). The zero-order valence-corrected chi connectivity index (χ0v) is 11.8. The minimum atomic E-state index is -4.09. The molecule has 3 nitrogen and oxygen atoms in total. The second-order valence-corrected chi connectivity index (χ2v) is 6.26. The number of hydrogen-bond donors (Lipinski definition) is 1. The monoisotopic (exact) mass is 347 g/mol. The molecule has 0 saturated heterocycles. The van der Waals surface area contributed by atoms with Crippen LogP contribution >= 0.6 is 15.9 Å². The topological polar surface area (TPSA) is 46.2 Å². The Kier molecular flexibility index (Phi) is 3.86. The van der Waals surface area contributed by atoms with Gasteiger partial charge in [0.05, 0.1) is 5.69 Å². The summed E-state index contributed by atoms with van der Waals surface area (Å²) >= 11 is 3.03. The molecule has 19 heavy (non-hydrogen) atoms. The maximum atomic E-state index is 13.6. The highest BCUT2D eigenvalue weighted by atomic mass is 79.9. The normalized spacial score (nSPS) is 11.3. The predicted octanol–water partition coefficient (Wildman–Crippen LogP) is 3.53. The number of halogens is 3. The molecule has 2 aromatic rings. The van der Waals surface area contributed by atoms with Crippen LogP contribution in [0.4, 0.5) is 14.5 Å². The lowest BCUT2D eigenvalue weighted by atomic mass is 10.3. The minimum Gasteiger partial charge on any atom is -0.279 e. The van der Waals surface area contributed by atoms with E-state index in [1.807, 2.05) is 0 Å². The molecule has 0 bridgehead atoms. The third-order valence-electron chi connectivity index (χ3n) is 2.26.